The van der Waals surface area contributed by atoms with Crippen LogP contribution in [-0.4, -0.2) is 49.4 Å². The fraction of sp³-hybridized carbons (Fsp3) is 0.304. The molecule has 2 aromatic rings. The van der Waals surface area contributed by atoms with E-state index in [2.05, 4.69) is 0 Å². The van der Waals surface area contributed by atoms with Crippen molar-refractivity contribution in [3.8, 4) is 28.7 Å². The molecule has 0 bridgehead atoms. The summed E-state index contributed by atoms with van der Waals surface area (Å²) in [6, 6.07) is 6.09. The maximum Gasteiger partial charge on any atom is 0.339 e. The Morgan fingerprint density at radius 2 is 1.84 bits per heavy atom. The number of carboxylic acid groups (broad SMARTS) is 1. The summed E-state index contributed by atoms with van der Waals surface area (Å²) in [6.07, 6.45) is 2.51. The zero-order valence-electron chi connectivity index (χ0n) is 17.6. The van der Waals surface area contributed by atoms with Gasteiger partial charge < -0.3 is 28.8 Å². The molecule has 8 heteroatoms. The van der Waals surface area contributed by atoms with E-state index in [-0.39, 0.29) is 29.3 Å². The van der Waals surface area contributed by atoms with E-state index in [0.29, 0.717) is 28.6 Å². The molecule has 0 saturated heterocycles. The highest BCUT2D eigenvalue weighted by atomic mass is 16.5. The van der Waals surface area contributed by atoms with Crippen molar-refractivity contribution in [2.45, 2.75) is 25.6 Å². The molecule has 1 N–H and O–H groups in total. The van der Waals surface area contributed by atoms with Crippen LogP contribution < -0.4 is 23.7 Å². The summed E-state index contributed by atoms with van der Waals surface area (Å²) in [5, 5.41) is 9.66. The molecule has 0 unspecified atom stereocenters. The van der Waals surface area contributed by atoms with Gasteiger partial charge in [-0.2, -0.15) is 0 Å². The van der Waals surface area contributed by atoms with Crippen molar-refractivity contribution in [1.82, 2.24) is 0 Å². The lowest BCUT2D eigenvalue weighted by Gasteiger charge is -2.31. The zero-order valence-corrected chi connectivity index (χ0v) is 17.6. The van der Waals surface area contributed by atoms with Gasteiger partial charge in [-0.05, 0) is 44.2 Å². The first-order chi connectivity index (χ1) is 14.7. The predicted octanol–water partition coefficient (Wildman–Crippen LogP) is 3.61. The van der Waals surface area contributed by atoms with Gasteiger partial charge in [-0.15, -0.1) is 0 Å². The number of fused-ring (bicyclic) bond motifs is 2. The Labute approximate surface area is 178 Å². The van der Waals surface area contributed by atoms with Gasteiger partial charge >= 0.3 is 5.97 Å². The summed E-state index contributed by atoms with van der Waals surface area (Å²) in [5.41, 5.74) is 0.110. The third-order valence-electron chi connectivity index (χ3n) is 5.10. The summed E-state index contributed by atoms with van der Waals surface area (Å²) in [4.78, 5) is 25.0. The number of methoxy groups -OCH3 is 2. The van der Waals surface area contributed by atoms with Gasteiger partial charge in [0.2, 0.25) is 5.78 Å². The van der Waals surface area contributed by atoms with E-state index in [1.807, 2.05) is 13.8 Å². The van der Waals surface area contributed by atoms with Gasteiger partial charge in [-0.25, -0.2) is 4.79 Å². The molecule has 8 nitrogen and oxygen atoms in total. The summed E-state index contributed by atoms with van der Waals surface area (Å²) in [7, 11) is 2.96. The SMILES string of the molecule is COc1cc2c(cc1OC)C(=O)[C@H](Oc1c(C(=O)O)ccc3c1C=CC(C)(C)O3)CO2. The third-order valence-corrected chi connectivity index (χ3v) is 5.10. The summed E-state index contributed by atoms with van der Waals surface area (Å²) >= 11 is 0. The van der Waals surface area contributed by atoms with Crippen molar-refractivity contribution < 1.29 is 38.4 Å². The van der Waals surface area contributed by atoms with Crippen molar-refractivity contribution in [2.24, 2.45) is 0 Å². The van der Waals surface area contributed by atoms with E-state index in [1.54, 1.807) is 24.3 Å². The van der Waals surface area contributed by atoms with E-state index in [4.69, 9.17) is 23.7 Å². The minimum atomic E-state index is -1.17. The number of carboxylic acids is 1. The van der Waals surface area contributed by atoms with Crippen LogP contribution in [0.15, 0.2) is 30.3 Å². The second-order valence-corrected chi connectivity index (χ2v) is 7.68. The van der Waals surface area contributed by atoms with Gasteiger partial charge in [-0.1, -0.05) is 0 Å². The van der Waals surface area contributed by atoms with Crippen LogP contribution in [0.5, 0.6) is 28.7 Å². The van der Waals surface area contributed by atoms with Gasteiger partial charge in [-0.3, -0.25) is 4.79 Å². The highest BCUT2D eigenvalue weighted by Crippen LogP contribution is 2.41. The standard InChI is InChI=1S/C23H22O8/c1-23(2)8-7-12-15(31-23)6-5-13(22(25)26)21(12)30-19-11-29-16-10-18(28-4)17(27-3)9-14(16)20(19)24/h5-10,19H,11H2,1-4H3,(H,25,26)/t19-/m1/s1. The molecule has 1 atom stereocenters. The van der Waals surface area contributed by atoms with Crippen molar-refractivity contribution in [1.29, 1.82) is 0 Å². The minimum Gasteiger partial charge on any atom is -0.493 e. The first kappa shape index (κ1) is 20.6. The number of rotatable bonds is 5. The molecule has 0 saturated carbocycles. The molecular formula is C23H22O8. The lowest BCUT2D eigenvalue weighted by Crippen LogP contribution is -2.38. The Morgan fingerprint density at radius 3 is 2.52 bits per heavy atom. The van der Waals surface area contributed by atoms with Crippen LogP contribution >= 0.6 is 0 Å². The Kier molecular flexibility index (Phi) is 5.00. The molecule has 2 heterocycles. The fourth-order valence-electron chi connectivity index (χ4n) is 3.54. The second-order valence-electron chi connectivity index (χ2n) is 7.68. The van der Waals surface area contributed by atoms with Crippen LogP contribution in [0.3, 0.4) is 0 Å². The third kappa shape index (κ3) is 3.65. The van der Waals surface area contributed by atoms with E-state index in [0.717, 1.165) is 0 Å². The second kappa shape index (κ2) is 7.54. The van der Waals surface area contributed by atoms with Crippen LogP contribution in [0.25, 0.3) is 6.08 Å². The molecule has 2 aliphatic heterocycles. The molecule has 2 aliphatic rings. The molecule has 0 radical (unpaired) electrons. The zero-order chi connectivity index (χ0) is 22.3. The smallest absolute Gasteiger partial charge is 0.339 e. The molecule has 4 rings (SSSR count). The monoisotopic (exact) mass is 426 g/mol. The number of hydrogen-bond donors (Lipinski definition) is 1. The number of aromatic carboxylic acids is 1. The lowest BCUT2D eigenvalue weighted by molar-refractivity contribution is 0.0592. The van der Waals surface area contributed by atoms with Crippen LogP contribution in [0, 0.1) is 0 Å². The number of hydrogen-bond acceptors (Lipinski definition) is 7. The van der Waals surface area contributed by atoms with Gasteiger partial charge in [0.05, 0.1) is 25.3 Å². The molecule has 162 valence electrons. The average Bonchev–Trinajstić information content (AvgIpc) is 2.73. The van der Waals surface area contributed by atoms with Crippen molar-refractivity contribution in [3.05, 3.63) is 47.0 Å². The Balaban J connectivity index is 1.72. The topological polar surface area (TPSA) is 101 Å². The normalized spacial score (nSPS) is 18.2. The van der Waals surface area contributed by atoms with E-state index >= 15 is 0 Å². The summed E-state index contributed by atoms with van der Waals surface area (Å²) in [5.74, 6) is 0.167. The first-order valence-electron chi connectivity index (χ1n) is 9.62. The molecule has 0 amide bonds. The number of carbonyl (C=O) groups excluding carboxylic acids is 1. The largest absolute Gasteiger partial charge is 0.493 e. The molecule has 0 aromatic heterocycles. The quantitative estimate of drug-likeness (QED) is 0.774. The first-order valence-corrected chi connectivity index (χ1v) is 9.62. The highest BCUT2D eigenvalue weighted by Gasteiger charge is 2.35. The van der Waals surface area contributed by atoms with Crippen LogP contribution in [-0.2, 0) is 0 Å². The average molecular weight is 426 g/mol. The summed E-state index contributed by atoms with van der Waals surface area (Å²) in [6.45, 7) is 3.68. The Hall–Kier alpha value is -3.68. The van der Waals surface area contributed by atoms with Crippen LogP contribution in [0.1, 0.15) is 40.1 Å². The molecule has 0 spiro atoms. The Bertz CT molecular complexity index is 1100. The molecule has 2 aromatic carbocycles. The van der Waals surface area contributed by atoms with Gasteiger partial charge in [0.15, 0.2) is 17.6 Å². The van der Waals surface area contributed by atoms with E-state index < -0.39 is 17.7 Å². The molecule has 0 aliphatic carbocycles. The number of ketones is 1. The van der Waals surface area contributed by atoms with E-state index in [1.165, 1.54) is 26.4 Å². The maximum atomic E-state index is 13.1. The van der Waals surface area contributed by atoms with Gasteiger partial charge in [0.25, 0.3) is 0 Å². The summed E-state index contributed by atoms with van der Waals surface area (Å²) < 4.78 is 28.1. The highest BCUT2D eigenvalue weighted by molar-refractivity contribution is 6.04. The van der Waals surface area contributed by atoms with Crippen molar-refractivity contribution >= 4 is 17.8 Å². The minimum absolute atomic E-state index is 0.0580. The lowest BCUT2D eigenvalue weighted by atomic mass is 9.98. The maximum absolute atomic E-state index is 13.1. The van der Waals surface area contributed by atoms with E-state index in [9.17, 15) is 14.7 Å². The molecular weight excluding hydrogens is 404 g/mol. The van der Waals surface area contributed by atoms with Gasteiger partial charge in [0, 0.05) is 6.07 Å². The van der Waals surface area contributed by atoms with Gasteiger partial charge in [0.1, 0.15) is 35.0 Å². The van der Waals surface area contributed by atoms with Crippen LogP contribution in [0.2, 0.25) is 0 Å². The van der Waals surface area contributed by atoms with Crippen molar-refractivity contribution in [3.63, 3.8) is 0 Å². The number of benzene rings is 2. The molecule has 0 fully saturated rings. The Morgan fingerprint density at radius 1 is 1.13 bits per heavy atom. The molecule has 31 heavy (non-hydrogen) atoms. The number of ether oxygens (including phenoxy) is 5. The predicted molar refractivity (Wildman–Crippen MR) is 111 cm³/mol. The van der Waals surface area contributed by atoms with Crippen molar-refractivity contribution in [2.75, 3.05) is 20.8 Å². The van der Waals surface area contributed by atoms with Crippen LogP contribution in [0.4, 0.5) is 0 Å². The number of Topliss-reactive ketones (excluding diaryl/α,β-unsaturated/α-hetero) is 1. The fourth-order valence-corrected chi connectivity index (χ4v) is 3.54. The number of carbonyl (C=O) groups is 2.